The molecule has 1 heterocycles. The van der Waals surface area contributed by atoms with Crippen LogP contribution < -0.4 is 0 Å². The predicted molar refractivity (Wildman–Crippen MR) is 97.5 cm³/mol. The van der Waals surface area contributed by atoms with Crippen molar-refractivity contribution >= 4 is 5.91 Å². The van der Waals surface area contributed by atoms with Crippen LogP contribution in [0.25, 0.3) is 0 Å². The minimum atomic E-state index is -0.175. The molecule has 0 aliphatic rings. The number of hydrogen-bond donors (Lipinski definition) is 0. The lowest BCUT2D eigenvalue weighted by Gasteiger charge is -2.33. The van der Waals surface area contributed by atoms with E-state index in [-0.39, 0.29) is 18.0 Å². The smallest absolute Gasteiger partial charge is 0.240 e. The maximum absolute atomic E-state index is 13.2. The number of nitrogens with zero attached hydrogens (tertiary/aromatic N) is 3. The minimum Gasteiger partial charge on any atom is -0.335 e. The molecule has 0 saturated heterocycles. The van der Waals surface area contributed by atoms with Crippen LogP contribution in [0.5, 0.6) is 0 Å². The summed E-state index contributed by atoms with van der Waals surface area (Å²) < 4.78 is 0. The molecule has 2 rings (SSSR count). The lowest BCUT2D eigenvalue weighted by atomic mass is 10.0. The monoisotopic (exact) mass is 325 g/mol. The van der Waals surface area contributed by atoms with Crippen molar-refractivity contribution < 1.29 is 4.79 Å². The summed E-state index contributed by atoms with van der Waals surface area (Å²) in [5.41, 5.74) is 2.23. The highest BCUT2D eigenvalue weighted by atomic mass is 16.2. The molecule has 0 radical (unpaired) electrons. The molecule has 0 aliphatic carbocycles. The van der Waals surface area contributed by atoms with Crippen molar-refractivity contribution in [2.45, 2.75) is 38.9 Å². The number of pyridine rings is 1. The Morgan fingerprint density at radius 1 is 1.04 bits per heavy atom. The van der Waals surface area contributed by atoms with Gasteiger partial charge >= 0.3 is 0 Å². The van der Waals surface area contributed by atoms with Crippen LogP contribution in [-0.2, 0) is 17.8 Å². The molecule has 1 aromatic heterocycles. The second-order valence-corrected chi connectivity index (χ2v) is 6.59. The van der Waals surface area contributed by atoms with Gasteiger partial charge in [0, 0.05) is 25.0 Å². The zero-order valence-corrected chi connectivity index (χ0v) is 15.0. The fourth-order valence-corrected chi connectivity index (χ4v) is 2.72. The Bertz CT molecular complexity index is 570. The lowest BCUT2D eigenvalue weighted by molar-refractivity contribution is -0.138. The van der Waals surface area contributed by atoms with Gasteiger partial charge in [-0.15, -0.1) is 0 Å². The molecule has 0 N–H and O–H groups in total. The zero-order chi connectivity index (χ0) is 17.5. The van der Waals surface area contributed by atoms with Crippen molar-refractivity contribution in [3.05, 3.63) is 66.0 Å². The Balaban J connectivity index is 2.18. The van der Waals surface area contributed by atoms with E-state index in [1.807, 2.05) is 60.4 Å². The van der Waals surface area contributed by atoms with Crippen LogP contribution in [0.15, 0.2) is 54.9 Å². The van der Waals surface area contributed by atoms with E-state index in [1.165, 1.54) is 5.56 Å². The molecule has 0 unspecified atom stereocenters. The molecule has 1 aromatic carbocycles. The standard InChI is InChI=1S/C20H27N3O/c1-16(2)23(15-18-11-8-12-21-14-18)20(24)19(22(3)4)13-17-9-6-5-7-10-17/h5-12,14,16,19H,13,15H2,1-4H3/t19-/m0/s1. The Morgan fingerprint density at radius 3 is 2.25 bits per heavy atom. The van der Waals surface area contributed by atoms with Crippen molar-refractivity contribution in [2.75, 3.05) is 14.1 Å². The molecule has 0 spiro atoms. The van der Waals surface area contributed by atoms with Crippen LogP contribution >= 0.6 is 0 Å². The summed E-state index contributed by atoms with van der Waals surface area (Å²) in [6.07, 6.45) is 4.29. The van der Waals surface area contributed by atoms with Gasteiger partial charge in [-0.25, -0.2) is 0 Å². The zero-order valence-electron chi connectivity index (χ0n) is 15.0. The van der Waals surface area contributed by atoms with Gasteiger partial charge in [-0.2, -0.15) is 0 Å². The fraction of sp³-hybridized carbons (Fsp3) is 0.400. The Morgan fingerprint density at radius 2 is 1.71 bits per heavy atom. The number of carbonyl (C=O) groups excluding carboxylic acids is 1. The maximum Gasteiger partial charge on any atom is 0.240 e. The molecule has 1 amide bonds. The van der Waals surface area contributed by atoms with Crippen LogP contribution in [0.4, 0.5) is 0 Å². The first-order valence-corrected chi connectivity index (χ1v) is 8.38. The molecule has 0 fully saturated rings. The van der Waals surface area contributed by atoms with E-state index in [9.17, 15) is 4.79 Å². The minimum absolute atomic E-state index is 0.135. The van der Waals surface area contributed by atoms with Crippen LogP contribution in [0.3, 0.4) is 0 Å². The van der Waals surface area contributed by atoms with E-state index in [2.05, 4.69) is 31.0 Å². The SMILES string of the molecule is CC(C)N(Cc1cccnc1)C(=O)[C@H](Cc1ccccc1)N(C)C. The maximum atomic E-state index is 13.2. The quantitative estimate of drug-likeness (QED) is 0.785. The highest BCUT2D eigenvalue weighted by Crippen LogP contribution is 2.14. The average molecular weight is 325 g/mol. The van der Waals surface area contributed by atoms with Crippen LogP contribution in [-0.4, -0.2) is 46.9 Å². The number of hydrogen-bond acceptors (Lipinski definition) is 3. The lowest BCUT2D eigenvalue weighted by Crippen LogP contribution is -2.49. The van der Waals surface area contributed by atoms with Crippen molar-refractivity contribution in [2.24, 2.45) is 0 Å². The number of rotatable bonds is 7. The third-order valence-electron chi connectivity index (χ3n) is 4.16. The summed E-state index contributed by atoms with van der Waals surface area (Å²) in [5.74, 6) is 0.155. The van der Waals surface area contributed by atoms with Gasteiger partial charge in [-0.05, 0) is 51.6 Å². The van der Waals surface area contributed by atoms with E-state index in [0.717, 1.165) is 5.56 Å². The molecule has 0 aliphatic heterocycles. The molecule has 0 bridgehead atoms. The van der Waals surface area contributed by atoms with Crippen molar-refractivity contribution in [1.82, 2.24) is 14.8 Å². The van der Waals surface area contributed by atoms with Crippen LogP contribution in [0.1, 0.15) is 25.0 Å². The summed E-state index contributed by atoms with van der Waals surface area (Å²) in [4.78, 5) is 21.3. The summed E-state index contributed by atoms with van der Waals surface area (Å²) in [6, 6.07) is 14.1. The van der Waals surface area contributed by atoms with Gasteiger partial charge in [-0.3, -0.25) is 14.7 Å². The molecule has 4 heteroatoms. The molecule has 1 atom stereocenters. The van der Waals surface area contributed by atoms with E-state index in [0.29, 0.717) is 13.0 Å². The third kappa shape index (κ3) is 4.90. The molecular weight excluding hydrogens is 298 g/mol. The number of carbonyl (C=O) groups is 1. The van der Waals surface area contributed by atoms with E-state index >= 15 is 0 Å². The van der Waals surface area contributed by atoms with E-state index < -0.39 is 0 Å². The highest BCUT2D eigenvalue weighted by Gasteiger charge is 2.28. The first kappa shape index (κ1) is 18.1. The Kier molecular flexibility index (Phi) is 6.50. The summed E-state index contributed by atoms with van der Waals surface area (Å²) in [6.45, 7) is 4.70. The molecule has 4 nitrogen and oxygen atoms in total. The number of likely N-dealkylation sites (N-methyl/N-ethyl adjacent to an activating group) is 1. The Labute approximate surface area is 145 Å². The molecule has 0 saturated carbocycles. The Hall–Kier alpha value is -2.20. The largest absolute Gasteiger partial charge is 0.335 e. The van der Waals surface area contributed by atoms with Gasteiger partial charge in [-0.1, -0.05) is 36.4 Å². The fourth-order valence-electron chi connectivity index (χ4n) is 2.72. The normalized spacial score (nSPS) is 12.4. The van der Waals surface area contributed by atoms with Gasteiger partial charge in [0.2, 0.25) is 5.91 Å². The number of amides is 1. The van der Waals surface area contributed by atoms with Gasteiger partial charge in [0.15, 0.2) is 0 Å². The summed E-state index contributed by atoms with van der Waals surface area (Å²) in [5, 5.41) is 0. The van der Waals surface area contributed by atoms with Crippen LogP contribution in [0, 0.1) is 0 Å². The van der Waals surface area contributed by atoms with Gasteiger partial charge < -0.3 is 4.90 Å². The summed E-state index contributed by atoms with van der Waals surface area (Å²) >= 11 is 0. The van der Waals surface area contributed by atoms with Crippen molar-refractivity contribution in [3.8, 4) is 0 Å². The number of benzene rings is 1. The second-order valence-electron chi connectivity index (χ2n) is 6.59. The third-order valence-corrected chi connectivity index (χ3v) is 4.16. The van der Waals surface area contributed by atoms with Gasteiger partial charge in [0.1, 0.15) is 0 Å². The molecular formula is C20H27N3O. The van der Waals surface area contributed by atoms with Crippen molar-refractivity contribution in [1.29, 1.82) is 0 Å². The molecule has 2 aromatic rings. The average Bonchev–Trinajstić information content (AvgIpc) is 2.58. The van der Waals surface area contributed by atoms with Gasteiger partial charge in [0.05, 0.1) is 6.04 Å². The van der Waals surface area contributed by atoms with E-state index in [4.69, 9.17) is 0 Å². The highest BCUT2D eigenvalue weighted by molar-refractivity contribution is 5.82. The summed E-state index contributed by atoms with van der Waals surface area (Å²) in [7, 11) is 3.93. The predicted octanol–water partition coefficient (Wildman–Crippen LogP) is 2.99. The molecule has 128 valence electrons. The molecule has 24 heavy (non-hydrogen) atoms. The number of aromatic nitrogens is 1. The first-order valence-electron chi connectivity index (χ1n) is 8.38. The van der Waals surface area contributed by atoms with E-state index in [1.54, 1.807) is 6.20 Å². The first-order chi connectivity index (χ1) is 11.5. The van der Waals surface area contributed by atoms with Gasteiger partial charge in [0.25, 0.3) is 0 Å². The van der Waals surface area contributed by atoms with Crippen LogP contribution in [0.2, 0.25) is 0 Å². The topological polar surface area (TPSA) is 36.4 Å². The van der Waals surface area contributed by atoms with Crippen molar-refractivity contribution in [3.63, 3.8) is 0 Å². The second kappa shape index (κ2) is 8.60.